The quantitative estimate of drug-likeness (QED) is 0.542. The summed E-state index contributed by atoms with van der Waals surface area (Å²) < 4.78 is 1.69. The lowest BCUT2D eigenvalue weighted by Crippen LogP contribution is -2.21. The lowest BCUT2D eigenvalue weighted by atomic mass is 10.2. The van der Waals surface area contributed by atoms with Crippen LogP contribution in [0.3, 0.4) is 0 Å². The van der Waals surface area contributed by atoms with Crippen LogP contribution >= 0.6 is 0 Å². The Morgan fingerprint density at radius 3 is 3.00 bits per heavy atom. The monoisotopic (exact) mass is 237 g/mol. The van der Waals surface area contributed by atoms with Crippen molar-refractivity contribution in [3.63, 3.8) is 0 Å². The van der Waals surface area contributed by atoms with Crippen molar-refractivity contribution in [2.75, 3.05) is 13.2 Å². The van der Waals surface area contributed by atoms with Crippen molar-refractivity contribution in [1.82, 2.24) is 15.1 Å². The summed E-state index contributed by atoms with van der Waals surface area (Å²) in [6.07, 6.45) is 9.40. The fourth-order valence-electron chi connectivity index (χ4n) is 1.38. The summed E-state index contributed by atoms with van der Waals surface area (Å²) in [5.41, 5.74) is 0.905. The summed E-state index contributed by atoms with van der Waals surface area (Å²) in [5.74, 6) is -0.0992. The molecule has 0 bridgehead atoms. The number of hydrogen-bond acceptors (Lipinski definition) is 3. The third kappa shape index (κ3) is 5.87. The van der Waals surface area contributed by atoms with Crippen LogP contribution in [0.15, 0.2) is 18.5 Å². The number of rotatable bonds is 7. The highest BCUT2D eigenvalue weighted by Crippen LogP contribution is 1.98. The molecule has 0 aliphatic heterocycles. The van der Waals surface area contributed by atoms with Crippen molar-refractivity contribution in [2.24, 2.45) is 7.05 Å². The van der Waals surface area contributed by atoms with Gasteiger partial charge in [0.05, 0.1) is 6.20 Å². The average Bonchev–Trinajstić information content (AvgIpc) is 2.72. The second-order valence-electron chi connectivity index (χ2n) is 3.86. The first-order chi connectivity index (χ1) is 8.22. The smallest absolute Gasteiger partial charge is 0.244 e. The van der Waals surface area contributed by atoms with Crippen LogP contribution in [0, 0.1) is 0 Å². The third-order valence-corrected chi connectivity index (χ3v) is 2.29. The Hall–Kier alpha value is -1.62. The van der Waals surface area contributed by atoms with Crippen LogP contribution in [-0.2, 0) is 11.8 Å². The Balaban J connectivity index is 2.18. The van der Waals surface area contributed by atoms with E-state index in [1.54, 1.807) is 17.0 Å². The van der Waals surface area contributed by atoms with Crippen LogP contribution in [0.25, 0.3) is 6.08 Å². The number of carbonyl (C=O) groups is 1. The van der Waals surface area contributed by atoms with Gasteiger partial charge in [0.1, 0.15) is 0 Å². The summed E-state index contributed by atoms with van der Waals surface area (Å²) in [5, 5.41) is 15.4. The van der Waals surface area contributed by atoms with E-state index in [-0.39, 0.29) is 12.5 Å². The average molecular weight is 237 g/mol. The Morgan fingerprint density at radius 1 is 1.53 bits per heavy atom. The lowest BCUT2D eigenvalue weighted by molar-refractivity contribution is -0.116. The van der Waals surface area contributed by atoms with Gasteiger partial charge in [-0.15, -0.1) is 0 Å². The number of aryl methyl sites for hydroxylation is 1. The zero-order valence-electron chi connectivity index (χ0n) is 10.1. The minimum absolute atomic E-state index is 0.0992. The highest BCUT2D eigenvalue weighted by Gasteiger charge is 1.95. The van der Waals surface area contributed by atoms with E-state index in [4.69, 9.17) is 5.11 Å². The number of hydrogen-bond donors (Lipinski definition) is 2. The largest absolute Gasteiger partial charge is 0.396 e. The number of aliphatic hydroxyl groups excluding tert-OH is 1. The molecule has 0 spiro atoms. The Labute approximate surface area is 101 Å². The lowest BCUT2D eigenvalue weighted by Gasteiger charge is -2.00. The summed E-state index contributed by atoms with van der Waals surface area (Å²) in [6.45, 7) is 0.866. The molecule has 0 radical (unpaired) electrons. The second kappa shape index (κ2) is 7.62. The molecule has 5 heteroatoms. The molecule has 0 aromatic carbocycles. The predicted molar refractivity (Wildman–Crippen MR) is 66.2 cm³/mol. The maximum atomic E-state index is 11.4. The van der Waals surface area contributed by atoms with Crippen LogP contribution < -0.4 is 5.32 Å². The van der Waals surface area contributed by atoms with Gasteiger partial charge in [-0.05, 0) is 25.3 Å². The molecule has 1 amide bonds. The first kappa shape index (κ1) is 13.4. The maximum Gasteiger partial charge on any atom is 0.244 e. The Morgan fingerprint density at radius 2 is 2.35 bits per heavy atom. The fourth-order valence-corrected chi connectivity index (χ4v) is 1.38. The highest BCUT2D eigenvalue weighted by atomic mass is 16.2. The zero-order chi connectivity index (χ0) is 12.5. The van der Waals surface area contributed by atoms with E-state index < -0.39 is 0 Å². The summed E-state index contributed by atoms with van der Waals surface area (Å²) in [7, 11) is 1.83. The molecular weight excluding hydrogens is 218 g/mol. The van der Waals surface area contributed by atoms with Crippen LogP contribution in [0.5, 0.6) is 0 Å². The van der Waals surface area contributed by atoms with E-state index >= 15 is 0 Å². The van der Waals surface area contributed by atoms with Crippen LogP contribution in [-0.4, -0.2) is 33.9 Å². The summed E-state index contributed by atoms with van der Waals surface area (Å²) in [6, 6.07) is 0. The molecule has 2 N–H and O–H groups in total. The molecular formula is C12H19N3O2. The van der Waals surface area contributed by atoms with Crippen molar-refractivity contribution < 1.29 is 9.90 Å². The molecule has 0 fully saturated rings. The first-order valence-corrected chi connectivity index (χ1v) is 5.78. The molecule has 0 unspecified atom stereocenters. The SMILES string of the molecule is Cn1cc(/C=C/C(=O)NCCCCCO)cn1. The summed E-state index contributed by atoms with van der Waals surface area (Å²) >= 11 is 0. The van der Waals surface area contributed by atoms with E-state index in [1.807, 2.05) is 13.2 Å². The standard InChI is InChI=1S/C12H19N3O2/c1-15-10-11(9-14-15)5-6-12(17)13-7-3-2-4-8-16/h5-6,9-10,16H,2-4,7-8H2,1H3,(H,13,17)/b6-5+. The summed E-state index contributed by atoms with van der Waals surface area (Å²) in [4.78, 5) is 11.4. The fraction of sp³-hybridized carbons (Fsp3) is 0.500. The van der Waals surface area contributed by atoms with Gasteiger partial charge in [-0.2, -0.15) is 5.10 Å². The first-order valence-electron chi connectivity index (χ1n) is 5.78. The number of aliphatic hydroxyl groups is 1. The maximum absolute atomic E-state index is 11.4. The third-order valence-electron chi connectivity index (χ3n) is 2.29. The van der Waals surface area contributed by atoms with E-state index in [1.165, 1.54) is 6.08 Å². The van der Waals surface area contributed by atoms with Gasteiger partial charge in [0, 0.05) is 38.0 Å². The number of nitrogens with one attached hydrogen (secondary N) is 1. The van der Waals surface area contributed by atoms with Gasteiger partial charge in [-0.1, -0.05) is 0 Å². The van der Waals surface area contributed by atoms with E-state index in [9.17, 15) is 4.79 Å². The normalized spacial score (nSPS) is 10.9. The number of amides is 1. The van der Waals surface area contributed by atoms with E-state index in [0.717, 1.165) is 24.8 Å². The zero-order valence-corrected chi connectivity index (χ0v) is 10.1. The van der Waals surface area contributed by atoms with Gasteiger partial charge >= 0.3 is 0 Å². The van der Waals surface area contributed by atoms with Crippen molar-refractivity contribution in [1.29, 1.82) is 0 Å². The molecule has 17 heavy (non-hydrogen) atoms. The van der Waals surface area contributed by atoms with Gasteiger partial charge in [0.2, 0.25) is 5.91 Å². The van der Waals surface area contributed by atoms with Gasteiger partial charge < -0.3 is 10.4 Å². The Kier molecular flexibility index (Phi) is 6.03. The minimum Gasteiger partial charge on any atom is -0.396 e. The Bertz CT molecular complexity index is 372. The topological polar surface area (TPSA) is 67.2 Å². The van der Waals surface area contributed by atoms with Crippen molar-refractivity contribution in [2.45, 2.75) is 19.3 Å². The molecule has 0 saturated heterocycles. The minimum atomic E-state index is -0.0992. The second-order valence-corrected chi connectivity index (χ2v) is 3.86. The van der Waals surface area contributed by atoms with Gasteiger partial charge in [0.25, 0.3) is 0 Å². The van der Waals surface area contributed by atoms with E-state index in [0.29, 0.717) is 6.54 Å². The molecule has 1 aromatic rings. The van der Waals surface area contributed by atoms with Crippen molar-refractivity contribution in [3.05, 3.63) is 24.0 Å². The van der Waals surface area contributed by atoms with Crippen molar-refractivity contribution in [3.8, 4) is 0 Å². The van der Waals surface area contributed by atoms with Gasteiger partial charge in [-0.3, -0.25) is 9.48 Å². The molecule has 0 saturated carbocycles. The van der Waals surface area contributed by atoms with Crippen LogP contribution in [0.2, 0.25) is 0 Å². The van der Waals surface area contributed by atoms with Gasteiger partial charge in [0.15, 0.2) is 0 Å². The molecule has 0 aliphatic rings. The molecule has 1 heterocycles. The molecule has 94 valence electrons. The predicted octanol–water partition coefficient (Wildman–Crippen LogP) is 0.712. The van der Waals surface area contributed by atoms with Gasteiger partial charge in [-0.25, -0.2) is 0 Å². The molecule has 1 rings (SSSR count). The number of nitrogens with zero attached hydrogens (tertiary/aromatic N) is 2. The highest BCUT2D eigenvalue weighted by molar-refractivity contribution is 5.91. The molecule has 0 atom stereocenters. The van der Waals surface area contributed by atoms with Crippen molar-refractivity contribution >= 4 is 12.0 Å². The molecule has 5 nitrogen and oxygen atoms in total. The number of aromatic nitrogens is 2. The van der Waals surface area contributed by atoms with E-state index in [2.05, 4.69) is 10.4 Å². The molecule has 0 aliphatic carbocycles. The number of unbranched alkanes of at least 4 members (excludes halogenated alkanes) is 2. The van der Waals surface area contributed by atoms with Crippen LogP contribution in [0.1, 0.15) is 24.8 Å². The number of carbonyl (C=O) groups excluding carboxylic acids is 1. The van der Waals surface area contributed by atoms with Crippen LogP contribution in [0.4, 0.5) is 0 Å². The molecule has 1 aromatic heterocycles.